The fourth-order valence-electron chi connectivity index (χ4n) is 2.56. The molecule has 8 heteroatoms. The minimum Gasteiger partial charge on any atom is -0.490 e. The van der Waals surface area contributed by atoms with Gasteiger partial charge in [-0.05, 0) is 94.3 Å². The fraction of sp³-hybridized carbons (Fsp3) is 0.200. The van der Waals surface area contributed by atoms with E-state index in [1.165, 1.54) is 0 Å². The number of carbonyl (C=O) groups is 1. The Hall–Kier alpha value is -1.58. The molecular formula is C20H16BrClINO4. The van der Waals surface area contributed by atoms with Crippen LogP contribution in [0.25, 0.3) is 6.08 Å². The maximum absolute atomic E-state index is 12.3. The van der Waals surface area contributed by atoms with Gasteiger partial charge < -0.3 is 14.2 Å². The number of hydrogen-bond donors (Lipinski definition) is 0. The van der Waals surface area contributed by atoms with E-state index in [1.54, 1.807) is 18.2 Å². The highest BCUT2D eigenvalue weighted by molar-refractivity contribution is 14.1. The van der Waals surface area contributed by atoms with Gasteiger partial charge in [-0.15, -0.1) is 0 Å². The summed E-state index contributed by atoms with van der Waals surface area (Å²) in [5.74, 6) is 0.861. The molecule has 0 fully saturated rings. The molecule has 0 atom stereocenters. The highest BCUT2D eigenvalue weighted by Crippen LogP contribution is 2.38. The van der Waals surface area contributed by atoms with E-state index in [0.29, 0.717) is 35.3 Å². The highest BCUT2D eigenvalue weighted by Gasteiger charge is 2.26. The molecule has 0 saturated carbocycles. The Morgan fingerprint density at radius 3 is 2.68 bits per heavy atom. The van der Waals surface area contributed by atoms with E-state index >= 15 is 0 Å². The van der Waals surface area contributed by atoms with Gasteiger partial charge in [-0.1, -0.05) is 11.6 Å². The molecule has 1 aliphatic heterocycles. The van der Waals surface area contributed by atoms with Gasteiger partial charge in [0.2, 0.25) is 5.90 Å². The summed E-state index contributed by atoms with van der Waals surface area (Å²) < 4.78 is 18.3. The van der Waals surface area contributed by atoms with Crippen molar-refractivity contribution in [3.8, 4) is 11.5 Å². The van der Waals surface area contributed by atoms with E-state index in [-0.39, 0.29) is 11.6 Å². The van der Waals surface area contributed by atoms with Gasteiger partial charge in [-0.3, -0.25) is 0 Å². The van der Waals surface area contributed by atoms with E-state index in [1.807, 2.05) is 32.0 Å². The molecule has 146 valence electrons. The largest absolute Gasteiger partial charge is 0.490 e. The Morgan fingerprint density at radius 2 is 1.96 bits per heavy atom. The first kappa shape index (κ1) is 21.1. The molecule has 2 aromatic rings. The van der Waals surface area contributed by atoms with Crippen molar-refractivity contribution in [2.75, 3.05) is 13.2 Å². The summed E-state index contributed by atoms with van der Waals surface area (Å²) in [7, 11) is 0. The summed E-state index contributed by atoms with van der Waals surface area (Å²) in [5, 5.41) is 0.468. The molecule has 0 amide bonds. The van der Waals surface area contributed by atoms with Crippen LogP contribution in [-0.2, 0) is 9.53 Å². The van der Waals surface area contributed by atoms with Crippen LogP contribution in [0.4, 0.5) is 0 Å². The predicted molar refractivity (Wildman–Crippen MR) is 121 cm³/mol. The molecular weight excluding hydrogens is 560 g/mol. The average molecular weight is 577 g/mol. The molecule has 0 unspecified atom stereocenters. The van der Waals surface area contributed by atoms with Crippen LogP contribution in [-0.4, -0.2) is 25.1 Å². The Balaban J connectivity index is 2.00. The lowest BCUT2D eigenvalue weighted by Crippen LogP contribution is -2.06. The van der Waals surface area contributed by atoms with Gasteiger partial charge >= 0.3 is 5.97 Å². The van der Waals surface area contributed by atoms with E-state index in [9.17, 15) is 4.79 Å². The Kier molecular flexibility index (Phi) is 7.00. The van der Waals surface area contributed by atoms with Gasteiger partial charge in [0, 0.05) is 3.57 Å². The van der Waals surface area contributed by atoms with Gasteiger partial charge in [0.1, 0.15) is 0 Å². The standard InChI is InChI=1S/C20H16BrClINO4/c1-3-26-17-9-11(7-14(21)18(17)27-4-2)8-16-20(25)28-19(24-16)13-10-12(23)5-6-15(13)22/h5-10H,3-4H2,1-2H3/b16-8-. The molecule has 2 aromatic carbocycles. The molecule has 1 aliphatic rings. The topological polar surface area (TPSA) is 57.1 Å². The van der Waals surface area contributed by atoms with Crippen molar-refractivity contribution in [2.24, 2.45) is 4.99 Å². The summed E-state index contributed by atoms with van der Waals surface area (Å²) in [6, 6.07) is 9.06. The number of nitrogens with zero attached hydrogens (tertiary/aromatic N) is 1. The quantitative estimate of drug-likeness (QED) is 0.246. The van der Waals surface area contributed by atoms with E-state index in [2.05, 4.69) is 43.5 Å². The number of cyclic esters (lactones) is 1. The van der Waals surface area contributed by atoms with Crippen molar-refractivity contribution in [1.82, 2.24) is 0 Å². The summed E-state index contributed by atoms with van der Waals surface area (Å²) >= 11 is 11.9. The predicted octanol–water partition coefficient (Wildman–Crippen LogP) is 5.85. The monoisotopic (exact) mass is 575 g/mol. The molecule has 0 saturated heterocycles. The average Bonchev–Trinajstić information content (AvgIpc) is 3.00. The number of aliphatic imine (C=N–C) groups is 1. The number of ether oxygens (including phenoxy) is 3. The number of esters is 1. The molecule has 0 radical (unpaired) electrons. The van der Waals surface area contributed by atoms with Crippen molar-refractivity contribution in [1.29, 1.82) is 0 Å². The van der Waals surface area contributed by atoms with Crippen LogP contribution in [0.2, 0.25) is 5.02 Å². The third-order valence-corrected chi connectivity index (χ3v) is 5.29. The lowest BCUT2D eigenvalue weighted by atomic mass is 10.1. The van der Waals surface area contributed by atoms with Gasteiger partial charge in [-0.2, -0.15) is 0 Å². The van der Waals surface area contributed by atoms with Crippen molar-refractivity contribution < 1.29 is 19.0 Å². The summed E-state index contributed by atoms with van der Waals surface area (Å²) in [6.45, 7) is 4.79. The third-order valence-electron chi connectivity index (χ3n) is 3.70. The summed E-state index contributed by atoms with van der Waals surface area (Å²) in [5.41, 5.74) is 1.49. The van der Waals surface area contributed by atoms with Crippen molar-refractivity contribution in [2.45, 2.75) is 13.8 Å². The third kappa shape index (κ3) is 4.69. The van der Waals surface area contributed by atoms with Crippen molar-refractivity contribution in [3.05, 3.63) is 60.2 Å². The first-order valence-corrected chi connectivity index (χ1v) is 10.7. The molecule has 0 bridgehead atoms. The SMILES string of the molecule is CCOc1cc(/C=C2\N=C(c3cc(I)ccc3Cl)OC2=O)cc(Br)c1OCC. The van der Waals surface area contributed by atoms with Gasteiger partial charge in [-0.25, -0.2) is 9.79 Å². The number of hydrogen-bond acceptors (Lipinski definition) is 5. The lowest BCUT2D eigenvalue weighted by Gasteiger charge is -2.13. The molecule has 0 aromatic heterocycles. The fourth-order valence-corrected chi connectivity index (χ4v) is 3.83. The summed E-state index contributed by atoms with van der Waals surface area (Å²) in [6.07, 6.45) is 1.64. The highest BCUT2D eigenvalue weighted by atomic mass is 127. The summed E-state index contributed by atoms with van der Waals surface area (Å²) in [4.78, 5) is 16.6. The van der Waals surface area contributed by atoms with Crippen LogP contribution in [0.5, 0.6) is 11.5 Å². The van der Waals surface area contributed by atoms with Crippen LogP contribution < -0.4 is 9.47 Å². The van der Waals surface area contributed by atoms with Crippen molar-refractivity contribution >= 4 is 68.1 Å². The number of halogens is 3. The van der Waals surface area contributed by atoms with Gasteiger partial charge in [0.25, 0.3) is 0 Å². The van der Waals surface area contributed by atoms with Crippen LogP contribution in [0.3, 0.4) is 0 Å². The second-order valence-electron chi connectivity index (χ2n) is 5.66. The number of rotatable bonds is 6. The van der Waals surface area contributed by atoms with Crippen molar-refractivity contribution in [3.63, 3.8) is 0 Å². The van der Waals surface area contributed by atoms with Gasteiger partial charge in [0.15, 0.2) is 17.2 Å². The molecule has 0 spiro atoms. The Labute approximate surface area is 190 Å². The number of benzene rings is 2. The first-order valence-electron chi connectivity index (χ1n) is 8.50. The smallest absolute Gasteiger partial charge is 0.363 e. The lowest BCUT2D eigenvalue weighted by molar-refractivity contribution is -0.129. The van der Waals surface area contributed by atoms with Gasteiger partial charge in [0.05, 0.1) is 28.3 Å². The van der Waals surface area contributed by atoms with E-state index < -0.39 is 5.97 Å². The van der Waals surface area contributed by atoms with E-state index in [4.69, 9.17) is 25.8 Å². The maximum atomic E-state index is 12.3. The second kappa shape index (κ2) is 9.28. The maximum Gasteiger partial charge on any atom is 0.363 e. The van der Waals surface area contributed by atoms with E-state index in [0.717, 1.165) is 13.6 Å². The number of carbonyl (C=O) groups excluding carboxylic acids is 1. The van der Waals surface area contributed by atoms with Crippen LogP contribution in [0.15, 0.2) is 45.5 Å². The zero-order valence-corrected chi connectivity index (χ0v) is 19.6. The second-order valence-corrected chi connectivity index (χ2v) is 8.16. The molecule has 3 rings (SSSR count). The van der Waals surface area contributed by atoms with Crippen LogP contribution in [0, 0.1) is 3.57 Å². The zero-order valence-electron chi connectivity index (χ0n) is 15.1. The molecule has 0 aliphatic carbocycles. The minimum absolute atomic E-state index is 0.184. The Bertz CT molecular complexity index is 990. The van der Waals surface area contributed by atoms with Crippen LogP contribution in [0.1, 0.15) is 25.0 Å². The first-order chi connectivity index (χ1) is 13.4. The normalized spacial score (nSPS) is 14.8. The molecule has 5 nitrogen and oxygen atoms in total. The molecule has 28 heavy (non-hydrogen) atoms. The Morgan fingerprint density at radius 1 is 1.21 bits per heavy atom. The minimum atomic E-state index is -0.534. The molecule has 0 N–H and O–H groups in total. The molecule has 1 heterocycles. The zero-order chi connectivity index (χ0) is 20.3. The van der Waals surface area contributed by atoms with Crippen LogP contribution >= 0.6 is 50.1 Å².